The van der Waals surface area contributed by atoms with Gasteiger partial charge in [-0.2, -0.15) is 0 Å². The summed E-state index contributed by atoms with van der Waals surface area (Å²) in [6.45, 7) is 4.50. The lowest BCUT2D eigenvalue weighted by Crippen LogP contribution is -2.15. The number of rotatable bonds is 9. The van der Waals surface area contributed by atoms with Crippen LogP contribution >= 0.6 is 27.7 Å². The van der Waals surface area contributed by atoms with E-state index in [1.165, 1.54) is 36.0 Å². The number of halogens is 1. The number of anilines is 1. The second-order valence-electron chi connectivity index (χ2n) is 6.44. The van der Waals surface area contributed by atoms with Gasteiger partial charge in [0, 0.05) is 28.8 Å². The molecule has 1 unspecified atom stereocenters. The van der Waals surface area contributed by atoms with Crippen molar-refractivity contribution >= 4 is 45.0 Å². The minimum Gasteiger partial charge on any atom is -0.483 e. The van der Waals surface area contributed by atoms with Crippen molar-refractivity contribution in [3.05, 3.63) is 68.9 Å². The molecule has 0 radical (unpaired) electrons. The van der Waals surface area contributed by atoms with Gasteiger partial charge in [0.1, 0.15) is 5.75 Å². The van der Waals surface area contributed by atoms with Crippen molar-refractivity contribution in [2.24, 2.45) is 0 Å². The molecule has 1 atom stereocenters. The SMILES string of the molecule is CCn1c(SCC(=O)Nc2ccc([N+](=O)[O-])cc2)nnc1C(C)Oc1ccc(Br)cc1. The van der Waals surface area contributed by atoms with E-state index < -0.39 is 4.92 Å². The van der Waals surface area contributed by atoms with Gasteiger partial charge in [-0.1, -0.05) is 27.7 Å². The Kier molecular flexibility index (Phi) is 7.64. The van der Waals surface area contributed by atoms with Crippen molar-refractivity contribution in [1.29, 1.82) is 0 Å². The molecule has 0 bridgehead atoms. The van der Waals surface area contributed by atoms with Gasteiger partial charge in [0.25, 0.3) is 5.69 Å². The van der Waals surface area contributed by atoms with E-state index in [4.69, 9.17) is 4.74 Å². The fraction of sp³-hybridized carbons (Fsp3) is 0.250. The zero-order valence-corrected chi connectivity index (χ0v) is 19.2. The third kappa shape index (κ3) is 6.05. The van der Waals surface area contributed by atoms with E-state index in [1.54, 1.807) is 0 Å². The molecule has 0 saturated heterocycles. The van der Waals surface area contributed by atoms with Crippen LogP contribution in [0, 0.1) is 10.1 Å². The largest absolute Gasteiger partial charge is 0.483 e. The molecule has 1 heterocycles. The zero-order valence-electron chi connectivity index (χ0n) is 16.8. The predicted octanol–water partition coefficient (Wildman–Crippen LogP) is 4.84. The van der Waals surface area contributed by atoms with Crippen LogP contribution in [-0.4, -0.2) is 31.3 Å². The molecule has 1 amide bonds. The molecule has 0 saturated carbocycles. The average Bonchev–Trinajstić information content (AvgIpc) is 3.17. The number of carbonyl (C=O) groups is 1. The van der Waals surface area contributed by atoms with Crippen molar-refractivity contribution in [3.63, 3.8) is 0 Å². The Bertz CT molecular complexity index is 1060. The molecule has 2 aromatic carbocycles. The zero-order chi connectivity index (χ0) is 22.4. The predicted molar refractivity (Wildman–Crippen MR) is 121 cm³/mol. The highest BCUT2D eigenvalue weighted by atomic mass is 79.9. The number of non-ortho nitro benzene ring substituents is 1. The van der Waals surface area contributed by atoms with E-state index in [-0.39, 0.29) is 23.5 Å². The molecule has 0 spiro atoms. The molecule has 1 aromatic heterocycles. The Hall–Kier alpha value is -2.92. The lowest BCUT2D eigenvalue weighted by Gasteiger charge is -2.15. The summed E-state index contributed by atoms with van der Waals surface area (Å²) in [5.41, 5.74) is 0.459. The van der Waals surface area contributed by atoms with Gasteiger partial charge >= 0.3 is 0 Å². The smallest absolute Gasteiger partial charge is 0.269 e. The van der Waals surface area contributed by atoms with E-state index in [9.17, 15) is 14.9 Å². The molecule has 9 nitrogen and oxygen atoms in total. The van der Waals surface area contributed by atoms with Gasteiger partial charge in [0.15, 0.2) is 17.1 Å². The number of nitrogens with zero attached hydrogens (tertiary/aromatic N) is 4. The number of thioether (sulfide) groups is 1. The lowest BCUT2D eigenvalue weighted by atomic mass is 10.3. The van der Waals surface area contributed by atoms with E-state index in [0.717, 1.165) is 10.2 Å². The summed E-state index contributed by atoms with van der Waals surface area (Å²) in [5, 5.41) is 22.5. The summed E-state index contributed by atoms with van der Waals surface area (Å²) in [5.74, 6) is 1.27. The molecule has 3 rings (SSSR count). The molecule has 31 heavy (non-hydrogen) atoms. The van der Waals surface area contributed by atoms with Crippen LogP contribution in [0.25, 0.3) is 0 Å². The minimum absolute atomic E-state index is 0.0320. The maximum absolute atomic E-state index is 12.3. The first kappa shape index (κ1) is 22.8. The van der Waals surface area contributed by atoms with Crippen molar-refractivity contribution in [2.45, 2.75) is 31.7 Å². The highest BCUT2D eigenvalue weighted by Gasteiger charge is 2.19. The maximum atomic E-state index is 12.3. The number of nitro benzene ring substituents is 1. The molecule has 3 aromatic rings. The summed E-state index contributed by atoms with van der Waals surface area (Å²) in [7, 11) is 0. The quantitative estimate of drug-likeness (QED) is 0.251. The number of amides is 1. The van der Waals surface area contributed by atoms with Crippen molar-refractivity contribution < 1.29 is 14.5 Å². The van der Waals surface area contributed by atoms with Crippen LogP contribution < -0.4 is 10.1 Å². The minimum atomic E-state index is -0.488. The van der Waals surface area contributed by atoms with Gasteiger partial charge in [-0.25, -0.2) is 0 Å². The number of hydrogen-bond donors (Lipinski definition) is 1. The Labute approximate surface area is 191 Å². The molecule has 11 heteroatoms. The molecule has 0 fully saturated rings. The van der Waals surface area contributed by atoms with Crippen LogP contribution in [0.15, 0.2) is 58.2 Å². The summed E-state index contributed by atoms with van der Waals surface area (Å²) in [4.78, 5) is 22.5. The van der Waals surface area contributed by atoms with E-state index >= 15 is 0 Å². The van der Waals surface area contributed by atoms with Crippen LogP contribution in [0.3, 0.4) is 0 Å². The average molecular weight is 506 g/mol. The van der Waals surface area contributed by atoms with Crippen molar-refractivity contribution in [1.82, 2.24) is 14.8 Å². The number of carbonyl (C=O) groups excluding carboxylic acids is 1. The third-order valence-electron chi connectivity index (χ3n) is 4.25. The Morgan fingerprint density at radius 3 is 2.52 bits per heavy atom. The van der Waals surface area contributed by atoms with Crippen LogP contribution in [0.4, 0.5) is 11.4 Å². The molecule has 162 valence electrons. The first-order valence-electron chi connectivity index (χ1n) is 9.39. The summed E-state index contributed by atoms with van der Waals surface area (Å²) < 4.78 is 8.84. The fourth-order valence-corrected chi connectivity index (χ4v) is 3.84. The first-order chi connectivity index (χ1) is 14.9. The van der Waals surface area contributed by atoms with Crippen molar-refractivity contribution in [3.8, 4) is 5.75 Å². The monoisotopic (exact) mass is 505 g/mol. The van der Waals surface area contributed by atoms with Crippen LogP contribution in [0.5, 0.6) is 5.75 Å². The second kappa shape index (κ2) is 10.4. The summed E-state index contributed by atoms with van der Waals surface area (Å²) in [6.07, 6.45) is -0.322. The normalized spacial score (nSPS) is 11.7. The lowest BCUT2D eigenvalue weighted by molar-refractivity contribution is -0.384. The molecular formula is C20H20BrN5O4S. The molecular weight excluding hydrogens is 486 g/mol. The second-order valence-corrected chi connectivity index (χ2v) is 8.30. The standard InChI is InChI=1S/C20H20BrN5O4S/c1-3-25-19(13(2)30-17-10-4-14(21)5-11-17)23-24-20(25)31-12-18(27)22-15-6-8-16(9-7-15)26(28)29/h4-11,13H,3,12H2,1-2H3,(H,22,27). The van der Waals surface area contributed by atoms with Gasteiger partial charge in [-0.15, -0.1) is 10.2 Å². The first-order valence-corrected chi connectivity index (χ1v) is 11.2. The number of ether oxygens (including phenoxy) is 1. The van der Waals surface area contributed by atoms with E-state index in [0.29, 0.717) is 23.2 Å². The molecule has 0 aliphatic rings. The van der Waals surface area contributed by atoms with Gasteiger partial charge in [-0.3, -0.25) is 14.9 Å². The fourth-order valence-electron chi connectivity index (χ4n) is 2.77. The van der Waals surface area contributed by atoms with Gasteiger partial charge in [0.05, 0.1) is 10.7 Å². The van der Waals surface area contributed by atoms with Crippen LogP contribution in [0.2, 0.25) is 0 Å². The van der Waals surface area contributed by atoms with Crippen LogP contribution in [-0.2, 0) is 11.3 Å². The number of benzene rings is 2. The third-order valence-corrected chi connectivity index (χ3v) is 5.74. The van der Waals surface area contributed by atoms with Gasteiger partial charge in [0.2, 0.25) is 5.91 Å². The van der Waals surface area contributed by atoms with Crippen molar-refractivity contribution in [2.75, 3.05) is 11.1 Å². The topological polar surface area (TPSA) is 112 Å². The van der Waals surface area contributed by atoms with E-state index in [1.807, 2.05) is 42.7 Å². The maximum Gasteiger partial charge on any atom is 0.269 e. The number of aromatic nitrogens is 3. The Balaban J connectivity index is 1.60. The molecule has 1 N–H and O–H groups in total. The number of nitrogens with one attached hydrogen (secondary N) is 1. The summed E-state index contributed by atoms with van der Waals surface area (Å²) >= 11 is 4.66. The Morgan fingerprint density at radius 2 is 1.90 bits per heavy atom. The number of nitro groups is 1. The Morgan fingerprint density at radius 1 is 1.23 bits per heavy atom. The van der Waals surface area contributed by atoms with Crippen LogP contribution in [0.1, 0.15) is 25.8 Å². The van der Waals surface area contributed by atoms with Gasteiger partial charge < -0.3 is 14.6 Å². The number of hydrogen-bond acceptors (Lipinski definition) is 7. The molecule has 0 aliphatic heterocycles. The molecule has 0 aliphatic carbocycles. The highest BCUT2D eigenvalue weighted by molar-refractivity contribution is 9.10. The summed E-state index contributed by atoms with van der Waals surface area (Å²) in [6, 6.07) is 13.2. The van der Waals surface area contributed by atoms with Gasteiger partial charge in [-0.05, 0) is 50.2 Å². The highest BCUT2D eigenvalue weighted by Crippen LogP contribution is 2.26. The van der Waals surface area contributed by atoms with E-state index in [2.05, 4.69) is 31.4 Å².